The molecule has 0 fully saturated rings. The van der Waals surface area contributed by atoms with E-state index in [-0.39, 0.29) is 11.2 Å². The van der Waals surface area contributed by atoms with E-state index in [9.17, 15) is 4.57 Å². The van der Waals surface area contributed by atoms with Crippen LogP contribution >= 0.6 is 8.25 Å². The second-order valence-electron chi connectivity index (χ2n) is 8.25. The SMILES string of the molecule is CCCCCCCC(C)(C)O[P+](=O)OC(C)(C)CCCCCCC. The Morgan fingerprint density at radius 1 is 0.625 bits per heavy atom. The molecule has 0 amide bonds. The van der Waals surface area contributed by atoms with Gasteiger partial charge >= 0.3 is 8.25 Å². The van der Waals surface area contributed by atoms with Gasteiger partial charge in [0.05, 0.1) is 0 Å². The fraction of sp³-hybridized carbons (Fsp3) is 1.00. The third-order valence-electron chi connectivity index (χ3n) is 4.41. The minimum atomic E-state index is -2.06. The summed E-state index contributed by atoms with van der Waals surface area (Å²) in [5.41, 5.74) is -0.756. The Morgan fingerprint density at radius 3 is 1.29 bits per heavy atom. The highest BCUT2D eigenvalue weighted by Gasteiger charge is 2.39. The zero-order valence-electron chi connectivity index (χ0n) is 17.2. The lowest BCUT2D eigenvalue weighted by Gasteiger charge is -2.20. The van der Waals surface area contributed by atoms with Crippen LogP contribution in [0.3, 0.4) is 0 Å². The van der Waals surface area contributed by atoms with Crippen molar-refractivity contribution in [1.82, 2.24) is 0 Å². The van der Waals surface area contributed by atoms with Crippen LogP contribution in [0.4, 0.5) is 0 Å². The molecule has 24 heavy (non-hydrogen) atoms. The van der Waals surface area contributed by atoms with Gasteiger partial charge < -0.3 is 0 Å². The first-order chi connectivity index (χ1) is 11.2. The van der Waals surface area contributed by atoms with Crippen LogP contribution < -0.4 is 0 Å². The van der Waals surface area contributed by atoms with E-state index in [0.29, 0.717) is 0 Å². The van der Waals surface area contributed by atoms with Crippen molar-refractivity contribution in [3.05, 3.63) is 0 Å². The summed E-state index contributed by atoms with van der Waals surface area (Å²) >= 11 is 0. The summed E-state index contributed by atoms with van der Waals surface area (Å²) in [6.45, 7) is 12.5. The Hall–Kier alpha value is 0.0200. The second-order valence-corrected chi connectivity index (χ2v) is 9.07. The van der Waals surface area contributed by atoms with Crippen molar-refractivity contribution >= 4 is 8.25 Å². The summed E-state index contributed by atoms with van der Waals surface area (Å²) in [4.78, 5) is 0. The van der Waals surface area contributed by atoms with Gasteiger partial charge in [0, 0.05) is 4.57 Å². The quantitative estimate of drug-likeness (QED) is 0.207. The molecular formula is C20H42O3P+. The predicted octanol–water partition coefficient (Wildman–Crippen LogP) is 7.96. The van der Waals surface area contributed by atoms with E-state index < -0.39 is 8.25 Å². The third kappa shape index (κ3) is 14.4. The lowest BCUT2D eigenvalue weighted by molar-refractivity contribution is 0.0350. The van der Waals surface area contributed by atoms with Crippen LogP contribution in [0.2, 0.25) is 0 Å². The number of unbranched alkanes of at least 4 members (excludes halogenated alkanes) is 8. The molecule has 0 bridgehead atoms. The van der Waals surface area contributed by atoms with Gasteiger partial charge in [-0.05, 0) is 40.5 Å². The zero-order chi connectivity index (χ0) is 18.5. The summed E-state index contributed by atoms with van der Waals surface area (Å²) in [5.74, 6) is 0. The Kier molecular flexibility index (Phi) is 13.3. The second kappa shape index (κ2) is 13.3. The average Bonchev–Trinajstić information content (AvgIpc) is 2.45. The van der Waals surface area contributed by atoms with Crippen LogP contribution in [0.15, 0.2) is 0 Å². The third-order valence-corrected chi connectivity index (χ3v) is 5.69. The van der Waals surface area contributed by atoms with E-state index in [1.54, 1.807) is 0 Å². The van der Waals surface area contributed by atoms with Crippen molar-refractivity contribution < 1.29 is 13.6 Å². The molecule has 0 radical (unpaired) electrons. The molecule has 0 atom stereocenters. The molecule has 0 heterocycles. The average molecular weight is 362 g/mol. The molecule has 0 N–H and O–H groups in total. The fourth-order valence-corrected chi connectivity index (χ4v) is 3.85. The zero-order valence-corrected chi connectivity index (χ0v) is 18.1. The van der Waals surface area contributed by atoms with Gasteiger partial charge in [0.1, 0.15) is 11.2 Å². The largest absolute Gasteiger partial charge is 0.698 e. The molecule has 0 saturated carbocycles. The summed E-state index contributed by atoms with van der Waals surface area (Å²) in [7, 11) is -2.06. The van der Waals surface area contributed by atoms with E-state index in [2.05, 4.69) is 13.8 Å². The fourth-order valence-electron chi connectivity index (χ4n) is 2.82. The first-order valence-electron chi connectivity index (χ1n) is 10.1. The highest BCUT2D eigenvalue weighted by atomic mass is 31.1. The van der Waals surface area contributed by atoms with Crippen molar-refractivity contribution in [2.75, 3.05) is 0 Å². The van der Waals surface area contributed by atoms with Crippen molar-refractivity contribution in [2.24, 2.45) is 0 Å². The number of hydrogen-bond acceptors (Lipinski definition) is 3. The van der Waals surface area contributed by atoms with Gasteiger partial charge in [-0.3, -0.25) is 0 Å². The van der Waals surface area contributed by atoms with Crippen LogP contribution in [0.5, 0.6) is 0 Å². The van der Waals surface area contributed by atoms with Gasteiger partial charge in [-0.2, -0.15) is 0 Å². The molecule has 4 heteroatoms. The first kappa shape index (κ1) is 24.0. The van der Waals surface area contributed by atoms with Crippen LogP contribution in [-0.2, 0) is 13.6 Å². The standard InChI is InChI=1S/C20H42O3P/c1-7-9-11-13-15-17-19(3,4)22-24(21)23-20(5,6)18-16-14-12-10-8-2/h7-18H2,1-6H3/q+1. The van der Waals surface area contributed by atoms with Gasteiger partial charge in [-0.15, -0.1) is 9.05 Å². The van der Waals surface area contributed by atoms with E-state index in [0.717, 1.165) is 25.7 Å². The maximum atomic E-state index is 12.2. The molecule has 0 aliphatic heterocycles. The van der Waals surface area contributed by atoms with Crippen LogP contribution in [-0.4, -0.2) is 11.2 Å². The molecule has 0 unspecified atom stereocenters. The van der Waals surface area contributed by atoms with Crippen molar-refractivity contribution in [3.63, 3.8) is 0 Å². The van der Waals surface area contributed by atoms with Crippen LogP contribution in [0.1, 0.15) is 119 Å². The molecule has 0 aromatic carbocycles. The molecule has 0 aromatic rings. The smallest absolute Gasteiger partial charge is 0.113 e. The van der Waals surface area contributed by atoms with Crippen molar-refractivity contribution in [1.29, 1.82) is 0 Å². The minimum absolute atomic E-state index is 0.378. The van der Waals surface area contributed by atoms with Crippen LogP contribution in [0.25, 0.3) is 0 Å². The normalized spacial score (nSPS) is 12.6. The van der Waals surface area contributed by atoms with Crippen molar-refractivity contribution in [3.8, 4) is 0 Å². The van der Waals surface area contributed by atoms with Gasteiger partial charge in [0.25, 0.3) is 0 Å². The highest BCUT2D eigenvalue weighted by Crippen LogP contribution is 2.39. The summed E-state index contributed by atoms with van der Waals surface area (Å²) in [6.07, 6.45) is 14.2. The maximum Gasteiger partial charge on any atom is 0.698 e. The summed E-state index contributed by atoms with van der Waals surface area (Å²) in [5, 5.41) is 0. The molecule has 3 nitrogen and oxygen atoms in total. The first-order valence-corrected chi connectivity index (χ1v) is 11.2. The molecule has 0 saturated heterocycles. The Morgan fingerprint density at radius 2 is 0.958 bits per heavy atom. The minimum Gasteiger partial charge on any atom is -0.113 e. The summed E-state index contributed by atoms with van der Waals surface area (Å²) in [6, 6.07) is 0. The molecule has 0 aromatic heterocycles. The molecule has 144 valence electrons. The molecule has 0 aliphatic rings. The number of hydrogen-bond donors (Lipinski definition) is 0. The van der Waals surface area contributed by atoms with Gasteiger partial charge in [0.15, 0.2) is 0 Å². The van der Waals surface area contributed by atoms with Gasteiger partial charge in [-0.25, -0.2) is 0 Å². The topological polar surface area (TPSA) is 35.5 Å². The van der Waals surface area contributed by atoms with E-state index in [1.807, 2.05) is 27.7 Å². The maximum absolute atomic E-state index is 12.2. The number of rotatable bonds is 16. The Balaban J connectivity index is 4.01. The van der Waals surface area contributed by atoms with E-state index in [4.69, 9.17) is 9.05 Å². The lowest BCUT2D eigenvalue weighted by atomic mass is 10.00. The van der Waals surface area contributed by atoms with Crippen LogP contribution in [0, 0.1) is 0 Å². The monoisotopic (exact) mass is 361 g/mol. The Labute approximate surface area is 152 Å². The van der Waals surface area contributed by atoms with E-state index in [1.165, 1.54) is 51.4 Å². The predicted molar refractivity (Wildman–Crippen MR) is 105 cm³/mol. The molecule has 0 aliphatic carbocycles. The van der Waals surface area contributed by atoms with Crippen molar-refractivity contribution in [2.45, 2.75) is 130 Å². The summed E-state index contributed by atoms with van der Waals surface area (Å²) < 4.78 is 23.7. The molecular weight excluding hydrogens is 319 g/mol. The molecule has 0 rings (SSSR count). The van der Waals surface area contributed by atoms with Gasteiger partial charge in [0.2, 0.25) is 0 Å². The van der Waals surface area contributed by atoms with Gasteiger partial charge in [-0.1, -0.05) is 78.1 Å². The molecule has 0 spiro atoms. The Bertz CT molecular complexity index is 297. The highest BCUT2D eigenvalue weighted by molar-refractivity contribution is 7.33. The van der Waals surface area contributed by atoms with E-state index >= 15 is 0 Å². The lowest BCUT2D eigenvalue weighted by Crippen LogP contribution is -2.25.